The molecule has 2 heterocycles. The van der Waals surface area contributed by atoms with Gasteiger partial charge in [0, 0.05) is 23.2 Å². The third-order valence-corrected chi connectivity index (χ3v) is 5.98. The molecule has 0 aromatic carbocycles. The van der Waals surface area contributed by atoms with Crippen molar-refractivity contribution < 1.29 is 23.4 Å². The quantitative estimate of drug-likeness (QED) is 0.275. The molecule has 0 bridgehead atoms. The Morgan fingerprint density at radius 1 is 1.29 bits per heavy atom. The predicted octanol–water partition coefficient (Wildman–Crippen LogP) is 4.24. The van der Waals surface area contributed by atoms with Gasteiger partial charge in [0.25, 0.3) is 12.3 Å². The molecule has 4 N–H and O–H groups in total. The van der Waals surface area contributed by atoms with E-state index in [1.54, 1.807) is 0 Å². The SMILES string of the molecule is COc1cnc(C(F)F)cc1-c1cc(C#CC(C)(C)O)ncc1C(=O)NC(=N)SC(=N)C1C[C@@H]1C. The van der Waals surface area contributed by atoms with E-state index in [4.69, 9.17) is 15.6 Å². The van der Waals surface area contributed by atoms with Gasteiger partial charge in [0.15, 0.2) is 5.17 Å². The Morgan fingerprint density at radius 2 is 1.97 bits per heavy atom. The summed E-state index contributed by atoms with van der Waals surface area (Å²) in [4.78, 5) is 20.9. The fraction of sp³-hybridized carbons (Fsp3) is 0.375. The summed E-state index contributed by atoms with van der Waals surface area (Å²) in [5, 5.41) is 28.6. The third-order valence-electron chi connectivity index (χ3n) is 5.15. The molecule has 2 aromatic rings. The lowest BCUT2D eigenvalue weighted by molar-refractivity contribution is 0.0978. The van der Waals surface area contributed by atoms with Crippen molar-refractivity contribution in [3.63, 3.8) is 0 Å². The van der Waals surface area contributed by atoms with Crippen LogP contribution < -0.4 is 10.1 Å². The van der Waals surface area contributed by atoms with E-state index in [9.17, 15) is 18.7 Å². The van der Waals surface area contributed by atoms with Gasteiger partial charge in [-0.3, -0.25) is 20.6 Å². The summed E-state index contributed by atoms with van der Waals surface area (Å²) < 4.78 is 32.1. The van der Waals surface area contributed by atoms with E-state index >= 15 is 0 Å². The van der Waals surface area contributed by atoms with Gasteiger partial charge in [0.2, 0.25) is 0 Å². The van der Waals surface area contributed by atoms with Crippen molar-refractivity contribution in [2.45, 2.75) is 39.2 Å². The van der Waals surface area contributed by atoms with Crippen LogP contribution in [0, 0.1) is 34.5 Å². The Morgan fingerprint density at radius 3 is 2.54 bits per heavy atom. The normalized spacial score (nSPS) is 16.8. The zero-order valence-electron chi connectivity index (χ0n) is 19.6. The Hall–Kier alpha value is -3.36. The first-order chi connectivity index (χ1) is 16.4. The van der Waals surface area contributed by atoms with Crippen LogP contribution in [0.1, 0.15) is 55.4 Å². The zero-order chi connectivity index (χ0) is 25.9. The van der Waals surface area contributed by atoms with Gasteiger partial charge >= 0.3 is 0 Å². The summed E-state index contributed by atoms with van der Waals surface area (Å²) in [6.07, 6.45) is 0.376. The van der Waals surface area contributed by atoms with Gasteiger partial charge in [-0.15, -0.1) is 0 Å². The van der Waals surface area contributed by atoms with E-state index in [1.165, 1.54) is 33.2 Å². The number of hydrogen-bond acceptors (Lipinski definition) is 8. The van der Waals surface area contributed by atoms with Crippen molar-refractivity contribution >= 4 is 27.9 Å². The van der Waals surface area contributed by atoms with Gasteiger partial charge in [-0.2, -0.15) is 0 Å². The van der Waals surface area contributed by atoms with Crippen molar-refractivity contribution in [3.8, 4) is 28.7 Å². The Kier molecular flexibility index (Phi) is 7.87. The molecule has 0 saturated heterocycles. The molecule has 1 fully saturated rings. The number of methoxy groups -OCH3 is 1. The molecule has 2 aromatic heterocycles. The fourth-order valence-corrected chi connectivity index (χ4v) is 4.01. The molecule has 1 aliphatic carbocycles. The molecule has 184 valence electrons. The molecule has 1 unspecified atom stereocenters. The third kappa shape index (κ3) is 6.83. The Bertz CT molecular complexity index is 1230. The van der Waals surface area contributed by atoms with Crippen LogP contribution >= 0.6 is 11.8 Å². The van der Waals surface area contributed by atoms with Crippen LogP contribution in [0.2, 0.25) is 0 Å². The number of ether oxygens (including phenoxy) is 1. The number of halogens is 2. The molecule has 8 nitrogen and oxygen atoms in total. The second-order valence-corrected chi connectivity index (χ2v) is 9.66. The highest BCUT2D eigenvalue weighted by Crippen LogP contribution is 2.41. The number of amides is 1. The Labute approximate surface area is 205 Å². The standard InChI is InChI=1S/C24H25F2N5O3S/c1-12-7-14(12)21(27)35-23(28)31-22(32)17-10-29-13(5-6-24(2,3)33)8-15(17)16-9-18(20(25)26)30-11-19(16)34-4/h8-12,14,20,27,33H,7H2,1-4H3,(H2,28,31,32)/t12-,14?/m0/s1. The Balaban J connectivity index is 2.02. The second kappa shape index (κ2) is 10.5. The average Bonchev–Trinajstić information content (AvgIpc) is 3.53. The maximum Gasteiger partial charge on any atom is 0.280 e. The number of carbonyl (C=O) groups excluding carboxylic acids is 1. The molecule has 2 atom stereocenters. The monoisotopic (exact) mass is 501 g/mol. The van der Waals surface area contributed by atoms with Gasteiger partial charge in [0.05, 0.1) is 23.9 Å². The molecule has 3 rings (SSSR count). The van der Waals surface area contributed by atoms with Crippen LogP contribution in [-0.2, 0) is 0 Å². The van der Waals surface area contributed by atoms with Crippen LogP contribution in [0.3, 0.4) is 0 Å². The molecule has 1 amide bonds. The van der Waals surface area contributed by atoms with E-state index in [0.29, 0.717) is 11.0 Å². The highest BCUT2D eigenvalue weighted by atomic mass is 32.2. The number of hydrogen-bond donors (Lipinski definition) is 4. The van der Waals surface area contributed by atoms with Crippen LogP contribution in [0.15, 0.2) is 24.5 Å². The van der Waals surface area contributed by atoms with E-state index in [1.807, 2.05) is 6.92 Å². The van der Waals surface area contributed by atoms with Crippen molar-refractivity contribution in [2.24, 2.45) is 11.8 Å². The molecule has 11 heteroatoms. The summed E-state index contributed by atoms with van der Waals surface area (Å²) in [5.41, 5.74) is -1.29. The molecule has 35 heavy (non-hydrogen) atoms. The molecular formula is C24H25F2N5O3S. The summed E-state index contributed by atoms with van der Waals surface area (Å²) in [7, 11) is 1.34. The van der Waals surface area contributed by atoms with E-state index in [2.05, 4.69) is 27.1 Å². The minimum Gasteiger partial charge on any atom is -0.494 e. The number of rotatable bonds is 5. The molecule has 0 radical (unpaired) electrons. The number of aromatic nitrogens is 2. The fourth-order valence-electron chi connectivity index (χ4n) is 3.16. The highest BCUT2D eigenvalue weighted by molar-refractivity contribution is 8.26. The first-order valence-corrected chi connectivity index (χ1v) is 11.5. The minimum atomic E-state index is -2.85. The number of alkyl halides is 2. The molecule has 0 spiro atoms. The van der Waals surface area contributed by atoms with Crippen molar-refractivity contribution in [1.82, 2.24) is 15.3 Å². The molecule has 1 aliphatic rings. The number of nitrogens with zero attached hydrogens (tertiary/aromatic N) is 2. The van der Waals surface area contributed by atoms with Crippen molar-refractivity contribution in [2.75, 3.05) is 7.11 Å². The van der Waals surface area contributed by atoms with Crippen LogP contribution in [0.25, 0.3) is 11.1 Å². The second-order valence-electron chi connectivity index (χ2n) is 8.60. The number of pyridine rings is 2. The van der Waals surface area contributed by atoms with Crippen molar-refractivity contribution in [3.05, 3.63) is 41.5 Å². The van der Waals surface area contributed by atoms with Crippen LogP contribution in [0.4, 0.5) is 8.78 Å². The average molecular weight is 502 g/mol. The number of aliphatic hydroxyl groups is 1. The van der Waals surface area contributed by atoms with Gasteiger partial charge < -0.3 is 15.2 Å². The zero-order valence-corrected chi connectivity index (χ0v) is 20.4. The lowest BCUT2D eigenvalue weighted by Gasteiger charge is -2.15. The van der Waals surface area contributed by atoms with Gasteiger partial charge in [-0.1, -0.05) is 12.8 Å². The van der Waals surface area contributed by atoms with E-state index in [-0.39, 0.29) is 39.2 Å². The summed E-state index contributed by atoms with van der Waals surface area (Å²) >= 11 is 0.857. The lowest BCUT2D eigenvalue weighted by atomic mass is 9.99. The lowest BCUT2D eigenvalue weighted by Crippen LogP contribution is -2.29. The minimum absolute atomic E-state index is 0.0137. The molecule has 1 saturated carbocycles. The van der Waals surface area contributed by atoms with E-state index in [0.717, 1.165) is 30.4 Å². The van der Waals surface area contributed by atoms with Gasteiger partial charge in [-0.25, -0.2) is 13.8 Å². The van der Waals surface area contributed by atoms with Gasteiger partial charge in [-0.05, 0) is 56.0 Å². The number of carbonyl (C=O) groups is 1. The van der Waals surface area contributed by atoms with Gasteiger partial charge in [0.1, 0.15) is 22.7 Å². The number of thioether (sulfide) groups is 1. The van der Waals surface area contributed by atoms with Crippen molar-refractivity contribution in [1.29, 1.82) is 10.8 Å². The highest BCUT2D eigenvalue weighted by Gasteiger charge is 2.37. The first kappa shape index (κ1) is 26.2. The van der Waals surface area contributed by atoms with Crippen LogP contribution in [-0.4, -0.2) is 43.9 Å². The largest absolute Gasteiger partial charge is 0.494 e. The number of amidine groups is 1. The maximum absolute atomic E-state index is 13.4. The first-order valence-electron chi connectivity index (χ1n) is 10.6. The summed E-state index contributed by atoms with van der Waals surface area (Å²) in [5.74, 6) is 5.23. The molecular weight excluding hydrogens is 476 g/mol. The molecule has 0 aliphatic heterocycles. The maximum atomic E-state index is 13.4. The summed E-state index contributed by atoms with van der Waals surface area (Å²) in [6, 6.07) is 2.54. The smallest absolute Gasteiger partial charge is 0.280 e. The predicted molar refractivity (Wildman–Crippen MR) is 130 cm³/mol. The van der Waals surface area contributed by atoms with E-state index < -0.39 is 23.6 Å². The van der Waals surface area contributed by atoms with Crippen LogP contribution in [0.5, 0.6) is 5.75 Å². The number of nitrogens with one attached hydrogen (secondary N) is 3. The topological polar surface area (TPSA) is 132 Å². The summed E-state index contributed by atoms with van der Waals surface area (Å²) in [6.45, 7) is 5.00.